The highest BCUT2D eigenvalue weighted by Crippen LogP contribution is 2.22. The van der Waals surface area contributed by atoms with Crippen LogP contribution in [0.5, 0.6) is 0 Å². The third kappa shape index (κ3) is 4.10. The number of thiophene rings is 1. The van der Waals surface area contributed by atoms with Gasteiger partial charge in [-0.2, -0.15) is 0 Å². The Bertz CT molecular complexity index is 317. The Kier molecular flexibility index (Phi) is 3.99. The summed E-state index contributed by atoms with van der Waals surface area (Å²) in [5.41, 5.74) is 0. The SMILES string of the molecule is O=C(O)CC/C=C/c1ccc(Cl)s1. The fourth-order valence-electron chi connectivity index (χ4n) is 0.824. The zero-order valence-corrected chi connectivity index (χ0v) is 8.44. The second-order valence-electron chi connectivity index (χ2n) is 2.48. The van der Waals surface area contributed by atoms with Gasteiger partial charge >= 0.3 is 5.97 Å². The van der Waals surface area contributed by atoms with E-state index in [2.05, 4.69) is 0 Å². The van der Waals surface area contributed by atoms with Crippen molar-refractivity contribution in [1.82, 2.24) is 0 Å². The van der Waals surface area contributed by atoms with E-state index in [-0.39, 0.29) is 6.42 Å². The van der Waals surface area contributed by atoms with E-state index in [1.54, 1.807) is 0 Å². The standard InChI is InChI=1S/C9H9ClO2S/c10-8-6-5-7(13-8)3-1-2-4-9(11)12/h1,3,5-6H,2,4H2,(H,11,12)/b3-1+. The highest BCUT2D eigenvalue weighted by atomic mass is 35.5. The van der Waals surface area contributed by atoms with Crippen molar-refractivity contribution < 1.29 is 9.90 Å². The summed E-state index contributed by atoms with van der Waals surface area (Å²) < 4.78 is 0.748. The van der Waals surface area contributed by atoms with Crippen LogP contribution in [0, 0.1) is 0 Å². The normalized spacial score (nSPS) is 10.8. The summed E-state index contributed by atoms with van der Waals surface area (Å²) in [4.78, 5) is 11.2. The number of hydrogen-bond acceptors (Lipinski definition) is 2. The van der Waals surface area contributed by atoms with E-state index in [4.69, 9.17) is 16.7 Å². The van der Waals surface area contributed by atoms with Gasteiger partial charge in [-0.15, -0.1) is 11.3 Å². The number of allylic oxidation sites excluding steroid dienone is 1. The van der Waals surface area contributed by atoms with Crippen LogP contribution in [0.2, 0.25) is 4.34 Å². The molecule has 0 spiro atoms. The predicted octanol–water partition coefficient (Wildman–Crippen LogP) is 3.28. The first-order valence-corrected chi connectivity index (χ1v) is 5.01. The van der Waals surface area contributed by atoms with Gasteiger partial charge in [-0.05, 0) is 24.6 Å². The Morgan fingerprint density at radius 1 is 1.62 bits per heavy atom. The molecule has 0 fully saturated rings. The number of aliphatic carboxylic acids is 1. The van der Waals surface area contributed by atoms with Gasteiger partial charge in [0.25, 0.3) is 0 Å². The summed E-state index contributed by atoms with van der Waals surface area (Å²) in [7, 11) is 0. The summed E-state index contributed by atoms with van der Waals surface area (Å²) in [6, 6.07) is 3.73. The average molecular weight is 217 g/mol. The van der Waals surface area contributed by atoms with Gasteiger partial charge in [0.05, 0.1) is 4.34 Å². The molecule has 0 atom stereocenters. The molecule has 70 valence electrons. The van der Waals surface area contributed by atoms with Gasteiger partial charge in [0.1, 0.15) is 0 Å². The maximum Gasteiger partial charge on any atom is 0.303 e. The molecule has 0 aliphatic carbocycles. The van der Waals surface area contributed by atoms with Gasteiger partial charge in [-0.1, -0.05) is 17.7 Å². The minimum Gasteiger partial charge on any atom is -0.481 e. The average Bonchev–Trinajstić information content (AvgIpc) is 2.45. The third-order valence-electron chi connectivity index (χ3n) is 1.40. The van der Waals surface area contributed by atoms with Crippen LogP contribution in [0.15, 0.2) is 18.2 Å². The van der Waals surface area contributed by atoms with Crippen LogP contribution in [0.3, 0.4) is 0 Å². The fraction of sp³-hybridized carbons (Fsp3) is 0.222. The van der Waals surface area contributed by atoms with Crippen molar-refractivity contribution >= 4 is 35.0 Å². The molecule has 0 saturated carbocycles. The van der Waals surface area contributed by atoms with Gasteiger partial charge in [-0.3, -0.25) is 4.79 Å². The Balaban J connectivity index is 2.36. The minimum atomic E-state index is -0.770. The van der Waals surface area contributed by atoms with Crippen LogP contribution in [0.25, 0.3) is 6.08 Å². The Hall–Kier alpha value is -0.800. The first-order chi connectivity index (χ1) is 6.18. The summed E-state index contributed by atoms with van der Waals surface area (Å²) in [6.07, 6.45) is 4.47. The molecule has 0 radical (unpaired) electrons. The van der Waals surface area contributed by atoms with Crippen LogP contribution in [-0.2, 0) is 4.79 Å². The van der Waals surface area contributed by atoms with E-state index in [0.29, 0.717) is 6.42 Å². The maximum absolute atomic E-state index is 10.2. The van der Waals surface area contributed by atoms with E-state index in [0.717, 1.165) is 9.21 Å². The Labute approximate surface area is 85.5 Å². The number of carboxylic acid groups (broad SMARTS) is 1. The Morgan fingerprint density at radius 2 is 2.38 bits per heavy atom. The molecule has 1 rings (SSSR count). The molecule has 2 nitrogen and oxygen atoms in total. The quantitative estimate of drug-likeness (QED) is 0.839. The maximum atomic E-state index is 10.2. The largest absolute Gasteiger partial charge is 0.481 e. The lowest BCUT2D eigenvalue weighted by Crippen LogP contribution is -1.91. The van der Waals surface area contributed by atoms with Gasteiger partial charge in [-0.25, -0.2) is 0 Å². The van der Waals surface area contributed by atoms with Crippen molar-refractivity contribution in [2.45, 2.75) is 12.8 Å². The number of carbonyl (C=O) groups is 1. The van der Waals surface area contributed by atoms with E-state index < -0.39 is 5.97 Å². The van der Waals surface area contributed by atoms with E-state index >= 15 is 0 Å². The first kappa shape index (κ1) is 10.3. The number of carboxylic acids is 1. The molecule has 1 aromatic heterocycles. The Morgan fingerprint density at radius 3 is 2.92 bits per heavy atom. The van der Waals surface area contributed by atoms with Gasteiger partial charge in [0.15, 0.2) is 0 Å². The lowest BCUT2D eigenvalue weighted by Gasteiger charge is -1.86. The second-order valence-corrected chi connectivity index (χ2v) is 4.22. The fourth-order valence-corrected chi connectivity index (χ4v) is 1.82. The summed E-state index contributed by atoms with van der Waals surface area (Å²) in [6.45, 7) is 0. The molecule has 1 N–H and O–H groups in total. The van der Waals surface area contributed by atoms with Crippen molar-refractivity contribution in [2.75, 3.05) is 0 Å². The molecule has 0 aliphatic heterocycles. The van der Waals surface area contributed by atoms with Gasteiger partial charge in [0, 0.05) is 11.3 Å². The van der Waals surface area contributed by atoms with Crippen LogP contribution >= 0.6 is 22.9 Å². The smallest absolute Gasteiger partial charge is 0.303 e. The summed E-state index contributed by atoms with van der Waals surface area (Å²) >= 11 is 7.19. The van der Waals surface area contributed by atoms with Crippen molar-refractivity contribution in [1.29, 1.82) is 0 Å². The highest BCUT2D eigenvalue weighted by Gasteiger charge is 1.94. The van der Waals surface area contributed by atoms with Crippen LogP contribution in [0.1, 0.15) is 17.7 Å². The van der Waals surface area contributed by atoms with Crippen LogP contribution < -0.4 is 0 Å². The number of halogens is 1. The molecule has 0 saturated heterocycles. The summed E-state index contributed by atoms with van der Waals surface area (Å²) in [5.74, 6) is -0.770. The second kappa shape index (κ2) is 5.04. The molecule has 0 aliphatic rings. The topological polar surface area (TPSA) is 37.3 Å². The molecule has 1 aromatic rings. The minimum absolute atomic E-state index is 0.176. The van der Waals surface area contributed by atoms with Crippen molar-refractivity contribution in [3.8, 4) is 0 Å². The van der Waals surface area contributed by atoms with Crippen molar-refractivity contribution in [3.05, 3.63) is 27.4 Å². The molecule has 0 bridgehead atoms. The predicted molar refractivity (Wildman–Crippen MR) is 55.2 cm³/mol. The monoisotopic (exact) mass is 216 g/mol. The molecular weight excluding hydrogens is 208 g/mol. The summed E-state index contributed by atoms with van der Waals surface area (Å²) in [5, 5.41) is 8.36. The molecule has 1 heterocycles. The molecule has 0 aromatic carbocycles. The van der Waals surface area contributed by atoms with E-state index in [1.807, 2.05) is 24.3 Å². The van der Waals surface area contributed by atoms with Crippen molar-refractivity contribution in [3.63, 3.8) is 0 Å². The number of hydrogen-bond donors (Lipinski definition) is 1. The van der Waals surface area contributed by atoms with Crippen LogP contribution in [0.4, 0.5) is 0 Å². The molecule has 13 heavy (non-hydrogen) atoms. The molecule has 4 heteroatoms. The lowest BCUT2D eigenvalue weighted by atomic mass is 10.3. The molecule has 0 amide bonds. The van der Waals surface area contributed by atoms with Crippen LogP contribution in [-0.4, -0.2) is 11.1 Å². The van der Waals surface area contributed by atoms with E-state index in [1.165, 1.54) is 11.3 Å². The molecule has 0 unspecified atom stereocenters. The number of rotatable bonds is 4. The first-order valence-electron chi connectivity index (χ1n) is 3.82. The zero-order valence-electron chi connectivity index (χ0n) is 6.87. The third-order valence-corrected chi connectivity index (χ3v) is 2.60. The van der Waals surface area contributed by atoms with Gasteiger partial charge < -0.3 is 5.11 Å². The van der Waals surface area contributed by atoms with Crippen molar-refractivity contribution in [2.24, 2.45) is 0 Å². The highest BCUT2D eigenvalue weighted by molar-refractivity contribution is 7.16. The van der Waals surface area contributed by atoms with Gasteiger partial charge in [0.2, 0.25) is 0 Å². The molecular formula is C9H9ClO2S. The van der Waals surface area contributed by atoms with E-state index in [9.17, 15) is 4.79 Å². The zero-order chi connectivity index (χ0) is 9.68. The lowest BCUT2D eigenvalue weighted by molar-refractivity contribution is -0.136.